The fourth-order valence-electron chi connectivity index (χ4n) is 2.19. The number of thiazole rings is 2. The van der Waals surface area contributed by atoms with Crippen LogP contribution < -0.4 is 5.32 Å². The van der Waals surface area contributed by atoms with Gasteiger partial charge in [-0.25, -0.2) is 19.9 Å². The van der Waals surface area contributed by atoms with Crippen molar-refractivity contribution in [3.63, 3.8) is 0 Å². The second-order valence-electron chi connectivity index (χ2n) is 5.01. The number of nitrogens with one attached hydrogen (secondary N) is 1. The summed E-state index contributed by atoms with van der Waals surface area (Å²) in [6.07, 6.45) is 3.29. The zero-order chi connectivity index (χ0) is 16.5. The van der Waals surface area contributed by atoms with Crippen molar-refractivity contribution in [2.45, 2.75) is 6.92 Å². The highest BCUT2D eigenvalue weighted by atomic mass is 32.1. The Morgan fingerprint density at radius 3 is 2.75 bits per heavy atom. The summed E-state index contributed by atoms with van der Waals surface area (Å²) in [6.45, 7) is 2.00. The minimum atomic E-state index is -0.287. The number of hydrogen-bond donors (Lipinski definition) is 1. The van der Waals surface area contributed by atoms with Crippen LogP contribution in [-0.4, -0.2) is 25.8 Å². The van der Waals surface area contributed by atoms with Gasteiger partial charge in [-0.2, -0.15) is 0 Å². The molecule has 3 heterocycles. The van der Waals surface area contributed by atoms with Gasteiger partial charge in [0, 0.05) is 17.8 Å². The fourth-order valence-corrected chi connectivity index (χ4v) is 3.87. The van der Waals surface area contributed by atoms with Crippen LogP contribution in [0.3, 0.4) is 0 Å². The smallest absolute Gasteiger partial charge is 0.276 e. The molecular weight excluding hydrogens is 342 g/mol. The van der Waals surface area contributed by atoms with Crippen LogP contribution in [0.2, 0.25) is 0 Å². The number of amides is 1. The van der Waals surface area contributed by atoms with Crippen LogP contribution in [0.25, 0.3) is 21.0 Å². The molecule has 0 atom stereocenters. The zero-order valence-corrected chi connectivity index (χ0v) is 14.2. The molecule has 0 aliphatic rings. The third kappa shape index (κ3) is 2.77. The molecule has 0 saturated heterocycles. The fraction of sp³-hybridized carbons (Fsp3) is 0.0625. The number of benzene rings is 1. The molecule has 3 aromatic heterocycles. The molecule has 0 aliphatic heterocycles. The van der Waals surface area contributed by atoms with E-state index in [1.54, 1.807) is 23.8 Å². The molecular formula is C16H11N5OS2. The first kappa shape index (κ1) is 14.9. The molecule has 0 unspecified atom stereocenters. The largest absolute Gasteiger partial charge is 0.296 e. The quantitative estimate of drug-likeness (QED) is 0.606. The number of para-hydroxylation sites is 1. The number of aromatic nitrogens is 4. The van der Waals surface area contributed by atoms with Crippen LogP contribution >= 0.6 is 22.7 Å². The van der Waals surface area contributed by atoms with E-state index in [-0.39, 0.29) is 5.91 Å². The third-order valence-corrected chi connectivity index (χ3v) is 5.11. The Morgan fingerprint density at radius 1 is 1.12 bits per heavy atom. The average molecular weight is 353 g/mol. The highest BCUT2D eigenvalue weighted by Gasteiger charge is 2.15. The van der Waals surface area contributed by atoms with Crippen LogP contribution in [0.4, 0.5) is 5.13 Å². The summed E-state index contributed by atoms with van der Waals surface area (Å²) >= 11 is 2.78. The number of aryl methyl sites for hydroxylation is 1. The average Bonchev–Trinajstić information content (AvgIpc) is 3.23. The van der Waals surface area contributed by atoms with Gasteiger partial charge >= 0.3 is 0 Å². The lowest BCUT2D eigenvalue weighted by atomic mass is 10.2. The van der Waals surface area contributed by atoms with Crippen molar-refractivity contribution in [1.82, 2.24) is 19.9 Å². The number of carbonyl (C=O) groups is 1. The summed E-state index contributed by atoms with van der Waals surface area (Å²) in [4.78, 5) is 29.4. The van der Waals surface area contributed by atoms with Gasteiger partial charge in [-0.3, -0.25) is 10.1 Å². The Hall–Kier alpha value is -2.71. The summed E-state index contributed by atoms with van der Waals surface area (Å²) in [6, 6.07) is 7.71. The molecule has 1 amide bonds. The molecule has 1 N–H and O–H groups in total. The first-order valence-corrected chi connectivity index (χ1v) is 8.81. The van der Waals surface area contributed by atoms with E-state index >= 15 is 0 Å². The lowest BCUT2D eigenvalue weighted by Crippen LogP contribution is -2.12. The van der Waals surface area contributed by atoms with E-state index in [1.165, 1.54) is 22.7 Å². The molecule has 0 spiro atoms. The van der Waals surface area contributed by atoms with Crippen LogP contribution in [0.5, 0.6) is 0 Å². The Balaban J connectivity index is 1.58. The highest BCUT2D eigenvalue weighted by molar-refractivity contribution is 7.22. The summed E-state index contributed by atoms with van der Waals surface area (Å²) in [5.74, 6) is 0.224. The minimum absolute atomic E-state index is 0.287. The number of nitrogens with zero attached hydrogens (tertiary/aromatic N) is 4. The second kappa shape index (κ2) is 6.06. The summed E-state index contributed by atoms with van der Waals surface area (Å²) in [5.41, 5.74) is 2.33. The van der Waals surface area contributed by atoms with E-state index in [4.69, 9.17) is 0 Å². The van der Waals surface area contributed by atoms with Crippen LogP contribution in [0.1, 0.15) is 16.1 Å². The highest BCUT2D eigenvalue weighted by Crippen LogP contribution is 2.28. The van der Waals surface area contributed by atoms with Crippen molar-refractivity contribution in [2.75, 3.05) is 5.32 Å². The van der Waals surface area contributed by atoms with Gasteiger partial charge in [0.2, 0.25) is 0 Å². The Kier molecular flexibility index (Phi) is 3.75. The number of fused-ring (bicyclic) bond motifs is 1. The van der Waals surface area contributed by atoms with Gasteiger partial charge in [0.1, 0.15) is 5.69 Å². The molecule has 118 valence electrons. The van der Waals surface area contributed by atoms with Crippen LogP contribution in [0.15, 0.2) is 42.0 Å². The molecule has 0 bridgehead atoms. The molecule has 8 heteroatoms. The minimum Gasteiger partial charge on any atom is -0.296 e. The Morgan fingerprint density at radius 2 is 1.96 bits per heavy atom. The second-order valence-corrected chi connectivity index (χ2v) is 6.89. The zero-order valence-electron chi connectivity index (χ0n) is 12.6. The maximum atomic E-state index is 12.4. The van der Waals surface area contributed by atoms with Gasteiger partial charge < -0.3 is 0 Å². The van der Waals surface area contributed by atoms with Crippen molar-refractivity contribution in [3.8, 4) is 10.8 Å². The van der Waals surface area contributed by atoms with E-state index in [0.29, 0.717) is 21.7 Å². The maximum absolute atomic E-state index is 12.4. The van der Waals surface area contributed by atoms with Gasteiger partial charge in [0.05, 0.1) is 10.2 Å². The lowest BCUT2D eigenvalue weighted by Gasteiger charge is -1.97. The van der Waals surface area contributed by atoms with Gasteiger partial charge in [0.25, 0.3) is 5.91 Å². The molecule has 0 fully saturated rings. The predicted molar refractivity (Wildman–Crippen MR) is 95.5 cm³/mol. The number of rotatable bonds is 3. The van der Waals surface area contributed by atoms with Gasteiger partial charge in [-0.15, -0.1) is 11.3 Å². The molecule has 4 rings (SSSR count). The van der Waals surface area contributed by atoms with E-state index in [9.17, 15) is 4.79 Å². The van der Waals surface area contributed by atoms with Crippen LogP contribution in [0, 0.1) is 6.92 Å². The first-order chi connectivity index (χ1) is 11.7. The van der Waals surface area contributed by atoms with Crippen molar-refractivity contribution >= 4 is 43.9 Å². The molecule has 6 nitrogen and oxygen atoms in total. The summed E-state index contributed by atoms with van der Waals surface area (Å²) < 4.78 is 1.04. The summed E-state index contributed by atoms with van der Waals surface area (Å²) in [7, 11) is 0. The van der Waals surface area contributed by atoms with Gasteiger partial charge in [-0.1, -0.05) is 23.5 Å². The third-order valence-electron chi connectivity index (χ3n) is 3.34. The lowest BCUT2D eigenvalue weighted by molar-refractivity contribution is 0.102. The monoisotopic (exact) mass is 353 g/mol. The molecule has 4 aromatic rings. The Labute approximate surface area is 145 Å². The molecule has 24 heavy (non-hydrogen) atoms. The van der Waals surface area contributed by atoms with Crippen molar-refractivity contribution in [3.05, 3.63) is 53.3 Å². The molecule has 1 aromatic carbocycles. The SMILES string of the molecule is Cc1cccc2sc(NC(=O)c3csc(-c4ncccn4)n3)nc12. The number of hydrogen-bond acceptors (Lipinski definition) is 7. The van der Waals surface area contributed by atoms with Crippen molar-refractivity contribution in [2.24, 2.45) is 0 Å². The normalized spacial score (nSPS) is 10.9. The van der Waals surface area contributed by atoms with Crippen LogP contribution in [-0.2, 0) is 0 Å². The van der Waals surface area contributed by atoms with Crippen molar-refractivity contribution in [1.29, 1.82) is 0 Å². The predicted octanol–water partition coefficient (Wildman–Crippen LogP) is 3.77. The molecule has 0 aliphatic carbocycles. The topological polar surface area (TPSA) is 80.7 Å². The van der Waals surface area contributed by atoms with E-state index in [2.05, 4.69) is 25.3 Å². The van der Waals surface area contributed by atoms with Crippen molar-refractivity contribution < 1.29 is 4.79 Å². The summed E-state index contributed by atoms with van der Waals surface area (Å²) in [5, 5.41) is 5.68. The number of carbonyl (C=O) groups excluding carboxylic acids is 1. The van der Waals surface area contributed by atoms with E-state index < -0.39 is 0 Å². The van der Waals surface area contributed by atoms with Gasteiger partial charge in [0.15, 0.2) is 16.0 Å². The van der Waals surface area contributed by atoms with Gasteiger partial charge in [-0.05, 0) is 24.6 Å². The first-order valence-electron chi connectivity index (χ1n) is 7.11. The molecule has 0 saturated carbocycles. The Bertz CT molecular complexity index is 1030. The maximum Gasteiger partial charge on any atom is 0.276 e. The van der Waals surface area contributed by atoms with E-state index in [1.807, 2.05) is 25.1 Å². The number of anilines is 1. The standard InChI is InChI=1S/C16H11N5OS2/c1-9-4-2-5-11-12(9)20-16(24-11)21-14(22)10-8-23-15(19-10)13-17-6-3-7-18-13/h2-8H,1H3,(H,20,21,22). The molecule has 0 radical (unpaired) electrons. The van der Waals surface area contributed by atoms with E-state index in [0.717, 1.165) is 15.8 Å².